The molecule has 2 unspecified atom stereocenters. The highest BCUT2D eigenvalue weighted by molar-refractivity contribution is 4.70. The van der Waals surface area contributed by atoms with Crippen LogP contribution in [-0.4, -0.2) is 43.3 Å². The quantitative estimate of drug-likeness (QED) is 0.617. The van der Waals surface area contributed by atoms with Crippen LogP contribution in [0.25, 0.3) is 0 Å². The van der Waals surface area contributed by atoms with Gasteiger partial charge in [0, 0.05) is 25.7 Å². The molecule has 66 valence electrons. The van der Waals surface area contributed by atoms with E-state index in [0.29, 0.717) is 6.10 Å². The van der Waals surface area contributed by atoms with Crippen LogP contribution in [0.5, 0.6) is 0 Å². The predicted octanol–water partition coefficient (Wildman–Crippen LogP) is 0.0543. The van der Waals surface area contributed by atoms with E-state index in [1.54, 1.807) is 0 Å². The first-order valence-corrected chi connectivity index (χ1v) is 4.28. The van der Waals surface area contributed by atoms with Gasteiger partial charge in [-0.1, -0.05) is 0 Å². The van der Waals surface area contributed by atoms with E-state index in [1.165, 1.54) is 0 Å². The Bertz CT molecular complexity index is 115. The van der Waals surface area contributed by atoms with Gasteiger partial charge in [-0.05, 0) is 13.8 Å². The zero-order valence-corrected chi connectivity index (χ0v) is 7.42. The van der Waals surface area contributed by atoms with E-state index in [4.69, 9.17) is 10.5 Å². The van der Waals surface area contributed by atoms with E-state index in [2.05, 4.69) is 11.8 Å². The second-order valence-electron chi connectivity index (χ2n) is 3.42. The summed E-state index contributed by atoms with van der Waals surface area (Å²) in [5, 5.41) is 0. The molecular weight excluding hydrogens is 140 g/mol. The average Bonchev–Trinajstić information content (AvgIpc) is 1.85. The highest BCUT2D eigenvalue weighted by Gasteiger charge is 2.16. The third kappa shape index (κ3) is 3.18. The number of nitrogens with zero attached hydrogens (tertiary/aromatic N) is 1. The van der Waals surface area contributed by atoms with Crippen LogP contribution in [0.3, 0.4) is 0 Å². The zero-order valence-electron chi connectivity index (χ0n) is 7.42. The maximum atomic E-state index is 5.69. The van der Waals surface area contributed by atoms with E-state index in [9.17, 15) is 0 Å². The molecule has 1 fully saturated rings. The molecule has 0 spiro atoms. The zero-order chi connectivity index (χ0) is 8.27. The molecule has 0 aliphatic carbocycles. The fraction of sp³-hybridized carbons (Fsp3) is 1.00. The van der Waals surface area contributed by atoms with E-state index >= 15 is 0 Å². The fourth-order valence-corrected chi connectivity index (χ4v) is 1.46. The van der Waals surface area contributed by atoms with Crippen molar-refractivity contribution < 1.29 is 4.74 Å². The third-order valence-corrected chi connectivity index (χ3v) is 1.87. The Kier molecular flexibility index (Phi) is 3.30. The minimum atomic E-state index is 0.278. The molecule has 11 heavy (non-hydrogen) atoms. The first kappa shape index (κ1) is 8.97. The molecule has 0 amide bonds. The summed E-state index contributed by atoms with van der Waals surface area (Å²) >= 11 is 0. The maximum Gasteiger partial charge on any atom is 0.0674 e. The van der Waals surface area contributed by atoms with Crippen LogP contribution in [0.15, 0.2) is 0 Å². The highest BCUT2D eigenvalue weighted by Crippen LogP contribution is 2.03. The van der Waals surface area contributed by atoms with E-state index < -0.39 is 0 Å². The van der Waals surface area contributed by atoms with Gasteiger partial charge in [-0.25, -0.2) is 0 Å². The van der Waals surface area contributed by atoms with Crippen LogP contribution in [-0.2, 0) is 4.74 Å². The molecule has 1 heterocycles. The monoisotopic (exact) mass is 158 g/mol. The Balaban J connectivity index is 2.23. The maximum absolute atomic E-state index is 5.69. The molecule has 1 aliphatic rings. The van der Waals surface area contributed by atoms with Crippen molar-refractivity contribution in [2.24, 2.45) is 5.73 Å². The molecule has 0 bridgehead atoms. The first-order chi connectivity index (χ1) is 5.18. The number of hydrogen-bond acceptors (Lipinski definition) is 3. The van der Waals surface area contributed by atoms with E-state index in [1.807, 2.05) is 6.92 Å². The summed E-state index contributed by atoms with van der Waals surface area (Å²) < 4.78 is 5.41. The summed E-state index contributed by atoms with van der Waals surface area (Å²) in [5.41, 5.74) is 5.69. The van der Waals surface area contributed by atoms with Crippen molar-refractivity contribution in [1.29, 1.82) is 0 Å². The SMILES string of the molecule is CC(N)CN1CCOC(C)C1. The highest BCUT2D eigenvalue weighted by atomic mass is 16.5. The average molecular weight is 158 g/mol. The summed E-state index contributed by atoms with van der Waals surface area (Å²) in [7, 11) is 0. The molecule has 0 saturated carbocycles. The molecule has 2 atom stereocenters. The molecule has 3 heteroatoms. The Morgan fingerprint density at radius 1 is 1.73 bits per heavy atom. The molecule has 1 saturated heterocycles. The predicted molar refractivity (Wildman–Crippen MR) is 45.5 cm³/mol. The summed E-state index contributed by atoms with van der Waals surface area (Å²) in [4.78, 5) is 2.36. The topological polar surface area (TPSA) is 38.5 Å². The van der Waals surface area contributed by atoms with Crippen LogP contribution >= 0.6 is 0 Å². The van der Waals surface area contributed by atoms with Crippen LogP contribution in [0, 0.1) is 0 Å². The van der Waals surface area contributed by atoms with Gasteiger partial charge in [-0.15, -0.1) is 0 Å². The van der Waals surface area contributed by atoms with Gasteiger partial charge in [0.15, 0.2) is 0 Å². The first-order valence-electron chi connectivity index (χ1n) is 4.28. The van der Waals surface area contributed by atoms with Gasteiger partial charge < -0.3 is 10.5 Å². The number of ether oxygens (including phenoxy) is 1. The van der Waals surface area contributed by atoms with E-state index in [0.717, 1.165) is 26.2 Å². The van der Waals surface area contributed by atoms with Crippen molar-refractivity contribution in [3.8, 4) is 0 Å². The van der Waals surface area contributed by atoms with Gasteiger partial charge in [0.1, 0.15) is 0 Å². The Morgan fingerprint density at radius 2 is 2.45 bits per heavy atom. The van der Waals surface area contributed by atoms with Crippen LogP contribution < -0.4 is 5.73 Å². The molecule has 3 nitrogen and oxygen atoms in total. The molecule has 1 aliphatic heterocycles. The van der Waals surface area contributed by atoms with Gasteiger partial charge in [0.2, 0.25) is 0 Å². The van der Waals surface area contributed by atoms with Gasteiger partial charge in [-0.2, -0.15) is 0 Å². The normalized spacial score (nSPS) is 30.3. The second-order valence-corrected chi connectivity index (χ2v) is 3.42. The summed E-state index contributed by atoms with van der Waals surface area (Å²) in [6.07, 6.45) is 0.377. The van der Waals surface area contributed by atoms with Crippen molar-refractivity contribution in [2.75, 3.05) is 26.2 Å². The summed E-state index contributed by atoms with van der Waals surface area (Å²) in [6.45, 7) is 8.06. The Hall–Kier alpha value is -0.120. The van der Waals surface area contributed by atoms with Crippen molar-refractivity contribution in [3.05, 3.63) is 0 Å². The van der Waals surface area contributed by atoms with Gasteiger partial charge >= 0.3 is 0 Å². The van der Waals surface area contributed by atoms with E-state index in [-0.39, 0.29) is 6.04 Å². The lowest BCUT2D eigenvalue weighted by Crippen LogP contribution is -2.45. The Morgan fingerprint density at radius 3 is 3.00 bits per heavy atom. The summed E-state index contributed by atoms with van der Waals surface area (Å²) in [6, 6.07) is 0.278. The molecule has 1 rings (SSSR count). The molecular formula is C8H18N2O. The molecule has 0 aromatic rings. The summed E-state index contributed by atoms with van der Waals surface area (Å²) in [5.74, 6) is 0. The van der Waals surface area contributed by atoms with Gasteiger partial charge in [0.05, 0.1) is 12.7 Å². The van der Waals surface area contributed by atoms with Crippen molar-refractivity contribution >= 4 is 0 Å². The second kappa shape index (κ2) is 4.04. The number of nitrogens with two attached hydrogens (primary N) is 1. The lowest BCUT2D eigenvalue weighted by Gasteiger charge is -2.31. The van der Waals surface area contributed by atoms with Gasteiger partial charge in [0.25, 0.3) is 0 Å². The van der Waals surface area contributed by atoms with Crippen molar-refractivity contribution in [1.82, 2.24) is 4.90 Å². The van der Waals surface area contributed by atoms with Gasteiger partial charge in [-0.3, -0.25) is 4.90 Å². The lowest BCUT2D eigenvalue weighted by atomic mass is 10.2. The molecule has 0 radical (unpaired) electrons. The van der Waals surface area contributed by atoms with Crippen molar-refractivity contribution in [2.45, 2.75) is 26.0 Å². The fourth-order valence-electron chi connectivity index (χ4n) is 1.46. The molecule has 2 N–H and O–H groups in total. The number of morpholine rings is 1. The van der Waals surface area contributed by atoms with Crippen LogP contribution in [0.2, 0.25) is 0 Å². The van der Waals surface area contributed by atoms with Crippen LogP contribution in [0.1, 0.15) is 13.8 Å². The standard InChI is InChI=1S/C8H18N2O/c1-7(9)5-10-3-4-11-8(2)6-10/h7-8H,3-6,9H2,1-2H3. The van der Waals surface area contributed by atoms with Crippen LogP contribution in [0.4, 0.5) is 0 Å². The minimum Gasteiger partial charge on any atom is -0.376 e. The lowest BCUT2D eigenvalue weighted by molar-refractivity contribution is -0.0193. The molecule has 0 aromatic heterocycles. The largest absolute Gasteiger partial charge is 0.376 e. The minimum absolute atomic E-state index is 0.278. The number of hydrogen-bond donors (Lipinski definition) is 1. The third-order valence-electron chi connectivity index (χ3n) is 1.87. The number of rotatable bonds is 2. The van der Waals surface area contributed by atoms with Crippen molar-refractivity contribution in [3.63, 3.8) is 0 Å². The molecule has 0 aromatic carbocycles. The Labute approximate surface area is 68.5 Å². The smallest absolute Gasteiger partial charge is 0.0674 e.